The van der Waals surface area contributed by atoms with Crippen LogP contribution in [0.15, 0.2) is 85.1 Å². The highest BCUT2D eigenvalue weighted by Crippen LogP contribution is 2.22. The Kier molecular flexibility index (Phi) is 5.61. The normalized spacial score (nSPS) is 10.6. The van der Waals surface area contributed by atoms with E-state index in [0.29, 0.717) is 5.69 Å². The molecular formula is C25H23N3O2. The van der Waals surface area contributed by atoms with Crippen molar-refractivity contribution in [3.63, 3.8) is 0 Å². The van der Waals surface area contributed by atoms with Gasteiger partial charge in [0.25, 0.3) is 5.91 Å². The minimum absolute atomic E-state index is 0.224. The maximum absolute atomic E-state index is 12.5. The molecule has 0 radical (unpaired) electrons. The van der Waals surface area contributed by atoms with E-state index in [1.807, 2.05) is 74.5 Å². The van der Waals surface area contributed by atoms with Crippen molar-refractivity contribution in [3.8, 4) is 16.9 Å². The maximum Gasteiger partial charge on any atom is 0.276 e. The molecule has 0 unspecified atom stereocenters. The van der Waals surface area contributed by atoms with E-state index in [4.69, 9.17) is 4.74 Å². The van der Waals surface area contributed by atoms with Crippen molar-refractivity contribution in [2.45, 2.75) is 20.6 Å². The van der Waals surface area contributed by atoms with Gasteiger partial charge in [-0.1, -0.05) is 54.6 Å². The minimum atomic E-state index is -0.241. The number of carbonyl (C=O) groups is 1. The Morgan fingerprint density at radius 3 is 2.43 bits per heavy atom. The molecule has 4 rings (SSSR count). The summed E-state index contributed by atoms with van der Waals surface area (Å²) in [5, 5.41) is 7.24. The van der Waals surface area contributed by atoms with Crippen LogP contribution in [-0.2, 0) is 6.73 Å². The van der Waals surface area contributed by atoms with Crippen LogP contribution in [0.25, 0.3) is 11.1 Å². The molecule has 0 atom stereocenters. The first-order valence-electron chi connectivity index (χ1n) is 9.79. The third kappa shape index (κ3) is 4.58. The first-order chi connectivity index (χ1) is 14.6. The Morgan fingerprint density at radius 2 is 1.67 bits per heavy atom. The topological polar surface area (TPSA) is 56.2 Å². The zero-order valence-electron chi connectivity index (χ0n) is 17.0. The molecule has 1 aromatic heterocycles. The second kappa shape index (κ2) is 8.66. The molecule has 5 nitrogen and oxygen atoms in total. The molecule has 0 aliphatic carbocycles. The van der Waals surface area contributed by atoms with Crippen molar-refractivity contribution < 1.29 is 9.53 Å². The Bertz CT molecular complexity index is 1150. The minimum Gasteiger partial charge on any atom is -0.471 e. The monoisotopic (exact) mass is 397 g/mol. The average Bonchev–Trinajstić information content (AvgIpc) is 3.25. The quantitative estimate of drug-likeness (QED) is 0.470. The van der Waals surface area contributed by atoms with Gasteiger partial charge in [0.2, 0.25) is 0 Å². The zero-order valence-corrected chi connectivity index (χ0v) is 17.0. The van der Waals surface area contributed by atoms with Crippen LogP contribution in [-0.4, -0.2) is 15.7 Å². The second-order valence-corrected chi connectivity index (χ2v) is 7.18. The predicted molar refractivity (Wildman–Crippen MR) is 119 cm³/mol. The van der Waals surface area contributed by atoms with Gasteiger partial charge in [-0.3, -0.25) is 4.79 Å². The second-order valence-electron chi connectivity index (χ2n) is 7.18. The summed E-state index contributed by atoms with van der Waals surface area (Å²) < 4.78 is 7.40. The van der Waals surface area contributed by atoms with Crippen LogP contribution in [0, 0.1) is 13.8 Å². The largest absolute Gasteiger partial charge is 0.471 e. The number of aromatic nitrogens is 2. The van der Waals surface area contributed by atoms with Crippen LogP contribution in [0.5, 0.6) is 5.75 Å². The SMILES string of the molecule is Cc1ccc(C)c(NC(=O)c2ccn(COc3ccc(-c4ccccc4)cc3)n2)c1. The number of rotatable bonds is 6. The van der Waals surface area contributed by atoms with Gasteiger partial charge in [-0.15, -0.1) is 0 Å². The number of ether oxygens (including phenoxy) is 1. The van der Waals surface area contributed by atoms with E-state index in [-0.39, 0.29) is 12.6 Å². The van der Waals surface area contributed by atoms with Crippen molar-refractivity contribution in [1.82, 2.24) is 9.78 Å². The summed E-state index contributed by atoms with van der Waals surface area (Å²) in [5.41, 5.74) is 5.54. The summed E-state index contributed by atoms with van der Waals surface area (Å²) >= 11 is 0. The molecule has 0 bridgehead atoms. The van der Waals surface area contributed by atoms with Gasteiger partial charge in [-0.25, -0.2) is 4.68 Å². The molecule has 5 heteroatoms. The predicted octanol–water partition coefficient (Wildman–Crippen LogP) is 5.46. The van der Waals surface area contributed by atoms with Crippen LogP contribution in [0.1, 0.15) is 21.6 Å². The smallest absolute Gasteiger partial charge is 0.276 e. The summed E-state index contributed by atoms with van der Waals surface area (Å²) in [4.78, 5) is 12.5. The Balaban J connectivity index is 1.36. The van der Waals surface area contributed by atoms with Gasteiger partial charge in [0.05, 0.1) is 0 Å². The van der Waals surface area contributed by atoms with Gasteiger partial charge in [0.15, 0.2) is 12.4 Å². The van der Waals surface area contributed by atoms with Crippen LogP contribution < -0.4 is 10.1 Å². The lowest BCUT2D eigenvalue weighted by molar-refractivity contribution is 0.102. The highest BCUT2D eigenvalue weighted by molar-refractivity contribution is 6.03. The number of aryl methyl sites for hydroxylation is 2. The number of nitrogens with zero attached hydrogens (tertiary/aromatic N) is 2. The number of carbonyl (C=O) groups excluding carboxylic acids is 1. The summed E-state index contributed by atoms with van der Waals surface area (Å²) in [7, 11) is 0. The van der Waals surface area contributed by atoms with E-state index in [2.05, 4.69) is 22.5 Å². The van der Waals surface area contributed by atoms with Crippen LogP contribution in [0.3, 0.4) is 0 Å². The van der Waals surface area contributed by atoms with Gasteiger partial charge >= 0.3 is 0 Å². The standard InChI is InChI=1S/C25H23N3O2/c1-18-8-9-19(2)24(16-18)26-25(29)23-14-15-28(27-23)17-30-22-12-10-21(11-13-22)20-6-4-3-5-7-20/h3-16H,17H2,1-2H3,(H,26,29). The molecule has 0 fully saturated rings. The van der Waals surface area contributed by atoms with Gasteiger partial charge in [0.1, 0.15) is 5.75 Å². The molecule has 0 saturated carbocycles. The highest BCUT2D eigenvalue weighted by Gasteiger charge is 2.11. The lowest BCUT2D eigenvalue weighted by atomic mass is 10.1. The van der Waals surface area contributed by atoms with Crippen molar-refractivity contribution in [1.29, 1.82) is 0 Å². The molecule has 0 aliphatic heterocycles. The van der Waals surface area contributed by atoms with Crippen LogP contribution in [0.2, 0.25) is 0 Å². The lowest BCUT2D eigenvalue weighted by Gasteiger charge is -2.09. The Morgan fingerprint density at radius 1 is 0.933 bits per heavy atom. The Hall–Kier alpha value is -3.86. The first kappa shape index (κ1) is 19.5. The van der Waals surface area contributed by atoms with E-state index < -0.39 is 0 Å². The van der Waals surface area contributed by atoms with Crippen molar-refractivity contribution in [3.05, 3.63) is 102 Å². The first-order valence-corrected chi connectivity index (χ1v) is 9.79. The maximum atomic E-state index is 12.5. The van der Waals surface area contributed by atoms with Gasteiger partial charge in [0, 0.05) is 11.9 Å². The molecule has 150 valence electrons. The molecule has 1 heterocycles. The lowest BCUT2D eigenvalue weighted by Crippen LogP contribution is -2.15. The fourth-order valence-corrected chi connectivity index (χ4v) is 3.13. The summed E-state index contributed by atoms with van der Waals surface area (Å²) in [5.74, 6) is 0.501. The van der Waals surface area contributed by atoms with Gasteiger partial charge in [-0.05, 0) is 60.4 Å². The molecule has 0 saturated heterocycles. The number of nitrogens with one attached hydrogen (secondary N) is 1. The highest BCUT2D eigenvalue weighted by atomic mass is 16.5. The average molecular weight is 397 g/mol. The van der Waals surface area contributed by atoms with Gasteiger partial charge < -0.3 is 10.1 Å². The molecule has 1 amide bonds. The third-order valence-corrected chi connectivity index (χ3v) is 4.84. The third-order valence-electron chi connectivity index (χ3n) is 4.84. The van der Waals surface area contributed by atoms with Gasteiger partial charge in [-0.2, -0.15) is 5.10 Å². The van der Waals surface area contributed by atoms with Crippen molar-refractivity contribution >= 4 is 11.6 Å². The fourth-order valence-electron chi connectivity index (χ4n) is 3.13. The van der Waals surface area contributed by atoms with E-state index in [1.54, 1.807) is 16.9 Å². The zero-order chi connectivity index (χ0) is 20.9. The number of anilines is 1. The van der Waals surface area contributed by atoms with Crippen molar-refractivity contribution in [2.75, 3.05) is 5.32 Å². The molecule has 4 aromatic rings. The molecule has 0 aliphatic rings. The summed E-state index contributed by atoms with van der Waals surface area (Å²) in [6.07, 6.45) is 1.73. The van der Waals surface area contributed by atoms with E-state index >= 15 is 0 Å². The molecule has 1 N–H and O–H groups in total. The molecular weight excluding hydrogens is 374 g/mol. The summed E-state index contributed by atoms with van der Waals surface area (Å²) in [6.45, 7) is 4.18. The van der Waals surface area contributed by atoms with Crippen LogP contribution >= 0.6 is 0 Å². The van der Waals surface area contributed by atoms with Crippen LogP contribution in [0.4, 0.5) is 5.69 Å². The summed E-state index contributed by atoms with van der Waals surface area (Å²) in [6, 6.07) is 25.7. The number of amides is 1. The molecule has 30 heavy (non-hydrogen) atoms. The number of hydrogen-bond acceptors (Lipinski definition) is 3. The van der Waals surface area contributed by atoms with E-state index in [1.165, 1.54) is 0 Å². The number of hydrogen-bond donors (Lipinski definition) is 1. The van der Waals surface area contributed by atoms with E-state index in [0.717, 1.165) is 33.7 Å². The van der Waals surface area contributed by atoms with Crippen molar-refractivity contribution in [2.24, 2.45) is 0 Å². The van der Waals surface area contributed by atoms with E-state index in [9.17, 15) is 4.79 Å². The fraction of sp³-hybridized carbons (Fsp3) is 0.120. The molecule has 0 spiro atoms. The Labute approximate surface area is 175 Å². The number of benzene rings is 3. The molecule has 3 aromatic carbocycles.